The van der Waals surface area contributed by atoms with E-state index in [0.717, 1.165) is 31.4 Å². The van der Waals surface area contributed by atoms with Gasteiger partial charge in [0.15, 0.2) is 0 Å². The minimum Gasteiger partial charge on any atom is -0.488 e. The van der Waals surface area contributed by atoms with E-state index in [0.29, 0.717) is 5.92 Å². The van der Waals surface area contributed by atoms with Gasteiger partial charge in [0, 0.05) is 0 Å². The summed E-state index contributed by atoms with van der Waals surface area (Å²) in [5.74, 6) is 1.40. The van der Waals surface area contributed by atoms with Crippen molar-refractivity contribution >= 4 is 0 Å². The largest absolute Gasteiger partial charge is 0.488 e. The monoisotopic (exact) mass is 248 g/mol. The van der Waals surface area contributed by atoms with Crippen molar-refractivity contribution in [3.05, 3.63) is 29.8 Å². The Kier molecular flexibility index (Phi) is 4.65. The maximum atomic E-state index is 10.1. The molecular weight excluding hydrogens is 224 g/mol. The Balaban J connectivity index is 2.05. The van der Waals surface area contributed by atoms with E-state index in [1.807, 2.05) is 12.1 Å². The smallest absolute Gasteiger partial charge is 0.124 e. The first kappa shape index (κ1) is 13.4. The normalized spacial score (nSPS) is 24.9. The standard InChI is InChI=1S/C16H24O2/c1-12(2)13-7-6-8-14(11-13)18-16-10-5-3-4-9-15(16)17/h6-8,11-12,15-17H,3-5,9-10H2,1-2H3. The molecule has 0 saturated heterocycles. The van der Waals surface area contributed by atoms with E-state index in [-0.39, 0.29) is 12.2 Å². The summed E-state index contributed by atoms with van der Waals surface area (Å²) in [5.41, 5.74) is 1.29. The maximum Gasteiger partial charge on any atom is 0.124 e. The SMILES string of the molecule is CC(C)c1cccc(OC2CCCCCC2O)c1. The van der Waals surface area contributed by atoms with Gasteiger partial charge in [0.2, 0.25) is 0 Å². The van der Waals surface area contributed by atoms with Gasteiger partial charge < -0.3 is 9.84 Å². The fraction of sp³-hybridized carbons (Fsp3) is 0.625. The van der Waals surface area contributed by atoms with Gasteiger partial charge in [-0.05, 0) is 42.9 Å². The summed E-state index contributed by atoms with van der Waals surface area (Å²) in [6.07, 6.45) is 4.98. The highest BCUT2D eigenvalue weighted by Gasteiger charge is 2.23. The minimum atomic E-state index is -0.310. The number of ether oxygens (including phenoxy) is 1. The van der Waals surface area contributed by atoms with Crippen LogP contribution in [0.1, 0.15) is 57.4 Å². The molecule has 0 spiro atoms. The molecule has 0 radical (unpaired) electrons. The van der Waals surface area contributed by atoms with Crippen LogP contribution < -0.4 is 4.74 Å². The van der Waals surface area contributed by atoms with Crippen LogP contribution in [0.25, 0.3) is 0 Å². The lowest BCUT2D eigenvalue weighted by molar-refractivity contribution is 0.0319. The van der Waals surface area contributed by atoms with Crippen LogP contribution in [0, 0.1) is 0 Å². The van der Waals surface area contributed by atoms with Crippen LogP contribution >= 0.6 is 0 Å². The summed E-state index contributed by atoms with van der Waals surface area (Å²) in [6.45, 7) is 4.36. The van der Waals surface area contributed by atoms with Gasteiger partial charge in [-0.2, -0.15) is 0 Å². The Bertz CT molecular complexity index is 373. The molecule has 1 aliphatic carbocycles. The molecule has 18 heavy (non-hydrogen) atoms. The number of aliphatic hydroxyl groups excluding tert-OH is 1. The van der Waals surface area contributed by atoms with Gasteiger partial charge >= 0.3 is 0 Å². The lowest BCUT2D eigenvalue weighted by Gasteiger charge is -2.22. The molecule has 0 bridgehead atoms. The highest BCUT2D eigenvalue weighted by atomic mass is 16.5. The van der Waals surface area contributed by atoms with Crippen LogP contribution in [-0.2, 0) is 0 Å². The van der Waals surface area contributed by atoms with Crippen molar-refractivity contribution in [3.8, 4) is 5.75 Å². The lowest BCUT2D eigenvalue weighted by Crippen LogP contribution is -2.30. The molecule has 0 aliphatic heterocycles. The molecule has 100 valence electrons. The second-order valence-corrected chi connectivity index (χ2v) is 5.59. The predicted octanol–water partition coefficient (Wildman–Crippen LogP) is 3.88. The zero-order valence-corrected chi connectivity index (χ0v) is 11.4. The molecule has 2 unspecified atom stereocenters. The molecule has 2 rings (SSSR count). The molecule has 1 aromatic rings. The first-order valence-corrected chi connectivity index (χ1v) is 7.11. The summed E-state index contributed by atoms with van der Waals surface area (Å²) in [7, 11) is 0. The van der Waals surface area contributed by atoms with Gasteiger partial charge in [0.25, 0.3) is 0 Å². The van der Waals surface area contributed by atoms with Gasteiger partial charge in [-0.3, -0.25) is 0 Å². The molecule has 0 heterocycles. The third-order valence-corrected chi connectivity index (χ3v) is 3.73. The average molecular weight is 248 g/mol. The number of hydrogen-bond donors (Lipinski definition) is 1. The van der Waals surface area contributed by atoms with Crippen LogP contribution in [0.5, 0.6) is 5.75 Å². The first-order chi connectivity index (χ1) is 8.66. The molecule has 0 amide bonds. The lowest BCUT2D eigenvalue weighted by atomic mass is 10.0. The van der Waals surface area contributed by atoms with E-state index in [4.69, 9.17) is 4.74 Å². The minimum absolute atomic E-state index is 0.0325. The fourth-order valence-electron chi connectivity index (χ4n) is 2.51. The number of benzene rings is 1. The molecule has 2 nitrogen and oxygen atoms in total. The van der Waals surface area contributed by atoms with Crippen molar-refractivity contribution in [2.75, 3.05) is 0 Å². The van der Waals surface area contributed by atoms with Crippen LogP contribution in [-0.4, -0.2) is 17.3 Å². The van der Waals surface area contributed by atoms with Crippen molar-refractivity contribution in [1.82, 2.24) is 0 Å². The topological polar surface area (TPSA) is 29.5 Å². The summed E-state index contributed by atoms with van der Waals surface area (Å²) >= 11 is 0. The van der Waals surface area contributed by atoms with Crippen LogP contribution in [0.3, 0.4) is 0 Å². The molecule has 1 N–H and O–H groups in total. The van der Waals surface area contributed by atoms with E-state index >= 15 is 0 Å². The van der Waals surface area contributed by atoms with E-state index < -0.39 is 0 Å². The maximum absolute atomic E-state index is 10.1. The van der Waals surface area contributed by atoms with E-state index in [2.05, 4.69) is 26.0 Å². The van der Waals surface area contributed by atoms with Crippen LogP contribution in [0.4, 0.5) is 0 Å². The van der Waals surface area contributed by atoms with Gasteiger partial charge in [-0.1, -0.05) is 38.8 Å². The van der Waals surface area contributed by atoms with Crippen molar-refractivity contribution in [2.45, 2.75) is 64.1 Å². The Labute approximate surface area is 110 Å². The van der Waals surface area contributed by atoms with Gasteiger partial charge in [0.05, 0.1) is 6.10 Å². The Morgan fingerprint density at radius 2 is 1.94 bits per heavy atom. The molecule has 1 fully saturated rings. The Morgan fingerprint density at radius 1 is 1.17 bits per heavy atom. The third-order valence-electron chi connectivity index (χ3n) is 3.73. The molecular formula is C16H24O2. The van der Waals surface area contributed by atoms with Crippen molar-refractivity contribution in [2.24, 2.45) is 0 Å². The molecule has 1 aromatic carbocycles. The summed E-state index contributed by atoms with van der Waals surface area (Å²) in [4.78, 5) is 0. The molecule has 0 aromatic heterocycles. The van der Waals surface area contributed by atoms with E-state index in [1.54, 1.807) is 0 Å². The quantitative estimate of drug-likeness (QED) is 0.822. The predicted molar refractivity (Wildman–Crippen MR) is 74.0 cm³/mol. The Hall–Kier alpha value is -1.02. The Morgan fingerprint density at radius 3 is 2.72 bits per heavy atom. The third kappa shape index (κ3) is 3.49. The van der Waals surface area contributed by atoms with Gasteiger partial charge in [-0.15, -0.1) is 0 Å². The van der Waals surface area contributed by atoms with Gasteiger partial charge in [0.1, 0.15) is 11.9 Å². The van der Waals surface area contributed by atoms with Crippen molar-refractivity contribution in [1.29, 1.82) is 0 Å². The van der Waals surface area contributed by atoms with E-state index in [1.165, 1.54) is 12.0 Å². The van der Waals surface area contributed by atoms with Crippen LogP contribution in [0.15, 0.2) is 24.3 Å². The molecule has 2 atom stereocenters. The molecule has 1 saturated carbocycles. The second kappa shape index (κ2) is 6.24. The highest BCUT2D eigenvalue weighted by Crippen LogP contribution is 2.25. The molecule has 1 aliphatic rings. The summed E-state index contributed by atoms with van der Waals surface area (Å²) in [6, 6.07) is 8.25. The number of aliphatic hydroxyl groups is 1. The highest BCUT2D eigenvalue weighted by molar-refractivity contribution is 5.30. The average Bonchev–Trinajstić information content (AvgIpc) is 2.55. The fourth-order valence-corrected chi connectivity index (χ4v) is 2.51. The zero-order valence-electron chi connectivity index (χ0n) is 11.4. The van der Waals surface area contributed by atoms with Crippen molar-refractivity contribution < 1.29 is 9.84 Å². The van der Waals surface area contributed by atoms with Crippen molar-refractivity contribution in [3.63, 3.8) is 0 Å². The second-order valence-electron chi connectivity index (χ2n) is 5.59. The zero-order chi connectivity index (χ0) is 13.0. The number of hydrogen-bond acceptors (Lipinski definition) is 2. The first-order valence-electron chi connectivity index (χ1n) is 7.11. The summed E-state index contributed by atoms with van der Waals surface area (Å²) < 4.78 is 5.99. The number of rotatable bonds is 3. The molecule has 2 heteroatoms. The van der Waals surface area contributed by atoms with E-state index in [9.17, 15) is 5.11 Å². The van der Waals surface area contributed by atoms with Crippen LogP contribution in [0.2, 0.25) is 0 Å². The van der Waals surface area contributed by atoms with Gasteiger partial charge in [-0.25, -0.2) is 0 Å². The summed E-state index contributed by atoms with van der Waals surface area (Å²) in [5, 5.41) is 10.1.